The molecule has 0 aromatic heterocycles. The number of hydrogen-bond acceptors (Lipinski definition) is 17. The number of carbonyl (C=O) groups excluding carboxylic acids is 7. The van der Waals surface area contributed by atoms with Crippen molar-refractivity contribution in [2.45, 2.75) is 65.2 Å². The molecule has 0 bridgehead atoms. The molecule has 0 unspecified atom stereocenters. The molecule has 18 nitrogen and oxygen atoms in total. The minimum Gasteiger partial charge on any atom is -0.459 e. The number of ether oxygens (including phenoxy) is 10. The van der Waals surface area contributed by atoms with Crippen LogP contribution in [-0.4, -0.2) is 127 Å². The summed E-state index contributed by atoms with van der Waals surface area (Å²) in [6, 6.07) is 43.3. The van der Waals surface area contributed by atoms with Gasteiger partial charge in [-0.3, -0.25) is 0 Å². The van der Waals surface area contributed by atoms with Gasteiger partial charge in [0.1, 0.15) is 44.2 Å². The van der Waals surface area contributed by atoms with Crippen molar-refractivity contribution in [1.82, 2.24) is 5.32 Å². The maximum atomic E-state index is 16.9. The van der Waals surface area contributed by atoms with Crippen LogP contribution in [0.25, 0.3) is 0 Å². The lowest BCUT2D eigenvalue weighted by atomic mass is 9.95. The van der Waals surface area contributed by atoms with Gasteiger partial charge in [-0.15, -0.1) is 0 Å². The summed E-state index contributed by atoms with van der Waals surface area (Å²) in [7, 11) is 0. The third-order valence-corrected chi connectivity index (χ3v) is 12.3. The summed E-state index contributed by atoms with van der Waals surface area (Å²) in [5.41, 5.74) is 0.00382. The molecule has 0 aliphatic carbocycles. The molecule has 2 heterocycles. The van der Waals surface area contributed by atoms with E-state index >= 15 is 4.39 Å². The van der Waals surface area contributed by atoms with E-state index in [1.807, 2.05) is 0 Å². The number of amides is 1. The molecule has 6 aromatic carbocycles. The van der Waals surface area contributed by atoms with Gasteiger partial charge >= 0.3 is 41.9 Å². The minimum absolute atomic E-state index is 0.00821. The average Bonchev–Trinajstić information content (AvgIpc) is 3.65. The molecule has 1 amide bonds. The monoisotopic (exact) mass is 1140 g/mol. The number of alkyl halides is 4. The summed E-state index contributed by atoms with van der Waals surface area (Å²) in [6.45, 7) is -2.51. The largest absolute Gasteiger partial charge is 0.459 e. The number of hydrogen-bond donors (Lipinski definition) is 1. The Morgan fingerprint density at radius 2 is 0.747 bits per heavy atom. The van der Waals surface area contributed by atoms with Crippen molar-refractivity contribution in [2.24, 2.45) is 0 Å². The van der Waals surface area contributed by atoms with Gasteiger partial charge in [0.2, 0.25) is 10.2 Å². The Kier molecular flexibility index (Phi) is 19.7. The summed E-state index contributed by atoms with van der Waals surface area (Å²) in [6.07, 6.45) is -19.7. The molecule has 6 aromatic rings. The topological polar surface area (TPSA) is 224 Å². The van der Waals surface area contributed by atoms with Crippen LogP contribution in [0.3, 0.4) is 0 Å². The fraction of sp³-hybridized carbons (Fsp3) is 0.246. The Bertz CT molecular complexity index is 3020. The Balaban J connectivity index is 1.27. The quantitative estimate of drug-likeness (QED) is 0.0482. The Morgan fingerprint density at radius 3 is 1.13 bits per heavy atom. The molecule has 79 heavy (non-hydrogen) atoms. The van der Waals surface area contributed by atoms with Gasteiger partial charge in [0.05, 0.1) is 33.4 Å². The summed E-state index contributed by atoms with van der Waals surface area (Å²) in [5, 5.41) is 2.23. The van der Waals surface area contributed by atoms with Gasteiger partial charge < -0.3 is 52.7 Å². The van der Waals surface area contributed by atoms with Gasteiger partial charge in [-0.25, -0.2) is 38.0 Å². The summed E-state index contributed by atoms with van der Waals surface area (Å²) in [5.74, 6) is -6.05. The van der Waals surface area contributed by atoms with Crippen molar-refractivity contribution in [2.75, 3.05) is 19.8 Å². The Hall–Kier alpha value is -7.91. The highest BCUT2D eigenvalue weighted by Crippen LogP contribution is 2.36. The number of benzene rings is 6. The van der Waals surface area contributed by atoms with E-state index in [-0.39, 0.29) is 33.4 Å². The highest BCUT2D eigenvalue weighted by Gasteiger charge is 2.58. The number of rotatable bonds is 18. The average molecular weight is 1140 g/mol. The number of alkyl carbamates (subject to hydrolysis) is 1. The van der Waals surface area contributed by atoms with E-state index in [0.29, 0.717) is 0 Å². The second kappa shape index (κ2) is 27.1. The first kappa shape index (κ1) is 57.3. The smallest absolute Gasteiger partial charge is 0.407 e. The molecular formula is C57H47Cl3FNO17. The zero-order valence-corrected chi connectivity index (χ0v) is 43.4. The third-order valence-electron chi connectivity index (χ3n) is 12.0. The highest BCUT2D eigenvalue weighted by molar-refractivity contribution is 6.67. The van der Waals surface area contributed by atoms with Crippen LogP contribution in [0.2, 0.25) is 0 Å². The van der Waals surface area contributed by atoms with Gasteiger partial charge in [-0.05, 0) is 72.8 Å². The lowest BCUT2D eigenvalue weighted by Crippen LogP contribution is -2.68. The fourth-order valence-corrected chi connectivity index (χ4v) is 8.34. The van der Waals surface area contributed by atoms with Crippen LogP contribution < -0.4 is 5.32 Å². The summed E-state index contributed by atoms with van der Waals surface area (Å²) in [4.78, 5) is 97.8. The zero-order chi connectivity index (χ0) is 55.9. The summed E-state index contributed by atoms with van der Waals surface area (Å²) < 4.78 is 75.0. The van der Waals surface area contributed by atoms with Gasteiger partial charge in [0.25, 0.3) is 0 Å². The van der Waals surface area contributed by atoms with Crippen molar-refractivity contribution >= 4 is 76.7 Å². The maximum Gasteiger partial charge on any atom is 0.407 e. The standard InChI is InChI=1S/C57H47Cl3FNO17/c58-57(59,60)33-72-56(69)62-42-45(76-52(66)37-25-13-4-14-26-37)43(40(73-48(42)61)31-70-49(63)34-19-7-1-8-20-34)79-55-47(78-54(68)39-29-17-6-18-30-39)46(77-53(67)38-27-15-5-16-28-38)44(75-51(65)36-23-11-3-12-24-36)41(74-55)32-71-50(64)35-21-9-2-10-22-35/h1-30,40-48,55H,31-33H2,(H,62,69)/t40-,41-,42-,43-,44+,45-,46+,47-,48-,55+/m1/s1. The Morgan fingerprint density at radius 1 is 0.418 bits per heavy atom. The van der Waals surface area contributed by atoms with Crippen molar-refractivity contribution < 1.29 is 85.3 Å². The van der Waals surface area contributed by atoms with Crippen molar-refractivity contribution in [1.29, 1.82) is 0 Å². The van der Waals surface area contributed by atoms with Crippen LogP contribution >= 0.6 is 34.8 Å². The molecular weight excluding hydrogens is 1100 g/mol. The lowest BCUT2D eigenvalue weighted by molar-refractivity contribution is -0.338. The first-order valence-electron chi connectivity index (χ1n) is 24.2. The van der Waals surface area contributed by atoms with Crippen LogP contribution in [0.4, 0.5) is 9.18 Å². The zero-order valence-electron chi connectivity index (χ0n) is 41.2. The van der Waals surface area contributed by atoms with Crippen LogP contribution in [0.1, 0.15) is 62.1 Å². The van der Waals surface area contributed by atoms with Crippen LogP contribution in [0.15, 0.2) is 182 Å². The SMILES string of the molecule is O=C(N[C@@H]1[C@@H](OC(=O)c2ccccc2)[C@H](O[C@@H]2O[C@H](COC(=O)c3ccccc3)[C@H](OC(=O)c3ccccc3)[C@H](OC(=O)c3ccccc3)[C@H]2OC(=O)c2ccccc2)[C@@H](COC(=O)c2ccccc2)O[C@H]1F)OCC(Cl)(Cl)Cl. The number of halogens is 4. The minimum atomic E-state index is -2.64. The van der Waals surface area contributed by atoms with E-state index in [1.165, 1.54) is 97.1 Å². The number of esters is 6. The third kappa shape index (κ3) is 15.7. The van der Waals surface area contributed by atoms with Crippen molar-refractivity contribution in [3.8, 4) is 0 Å². The molecule has 0 saturated carbocycles. The van der Waals surface area contributed by atoms with E-state index < -0.39 is 127 Å². The first-order valence-corrected chi connectivity index (χ1v) is 25.3. The van der Waals surface area contributed by atoms with Crippen LogP contribution in [0.5, 0.6) is 0 Å². The van der Waals surface area contributed by atoms with E-state index in [1.54, 1.807) is 84.9 Å². The molecule has 2 fully saturated rings. The number of nitrogens with one attached hydrogen (secondary N) is 1. The molecule has 2 aliphatic heterocycles. The normalized spacial score (nSPS) is 22.6. The molecule has 2 saturated heterocycles. The van der Waals surface area contributed by atoms with Gasteiger partial charge in [0, 0.05) is 0 Å². The molecule has 410 valence electrons. The van der Waals surface area contributed by atoms with E-state index in [4.69, 9.17) is 82.2 Å². The molecule has 0 radical (unpaired) electrons. The molecule has 8 rings (SSSR count). The van der Waals surface area contributed by atoms with Crippen LogP contribution in [0, 0.1) is 0 Å². The predicted octanol–water partition coefficient (Wildman–Crippen LogP) is 8.87. The highest BCUT2D eigenvalue weighted by atomic mass is 35.6. The molecule has 22 heteroatoms. The van der Waals surface area contributed by atoms with Crippen molar-refractivity contribution in [3.05, 3.63) is 215 Å². The fourth-order valence-electron chi connectivity index (χ4n) is 8.18. The lowest BCUT2D eigenvalue weighted by Gasteiger charge is -2.48. The van der Waals surface area contributed by atoms with Gasteiger partial charge in [-0.2, -0.15) is 0 Å². The molecule has 10 atom stereocenters. The van der Waals surface area contributed by atoms with Crippen molar-refractivity contribution in [3.63, 3.8) is 0 Å². The van der Waals surface area contributed by atoms with E-state index in [9.17, 15) is 33.6 Å². The van der Waals surface area contributed by atoms with Crippen LogP contribution in [-0.2, 0) is 47.4 Å². The molecule has 1 N–H and O–H groups in total. The van der Waals surface area contributed by atoms with Gasteiger partial charge in [0.15, 0.2) is 30.7 Å². The molecule has 0 spiro atoms. The Labute approximate surface area is 465 Å². The van der Waals surface area contributed by atoms with Gasteiger partial charge in [-0.1, -0.05) is 144 Å². The predicted molar refractivity (Wildman–Crippen MR) is 278 cm³/mol. The first-order chi connectivity index (χ1) is 38.1. The number of carbonyl (C=O) groups is 7. The maximum absolute atomic E-state index is 16.9. The van der Waals surface area contributed by atoms with E-state index in [0.717, 1.165) is 0 Å². The second-order valence-electron chi connectivity index (χ2n) is 17.4. The summed E-state index contributed by atoms with van der Waals surface area (Å²) >= 11 is 17.5. The van der Waals surface area contributed by atoms with E-state index in [2.05, 4.69) is 5.32 Å². The molecule has 2 aliphatic rings. The second-order valence-corrected chi connectivity index (χ2v) is 19.9.